The van der Waals surface area contributed by atoms with Gasteiger partial charge in [-0.1, -0.05) is 34.1 Å². The van der Waals surface area contributed by atoms with Crippen molar-refractivity contribution >= 4 is 11.6 Å². The molecule has 0 spiro atoms. The minimum atomic E-state index is -0.283. The number of carbonyl (C=O) groups excluding carboxylic acids is 1. The lowest BCUT2D eigenvalue weighted by molar-refractivity contribution is -0.142. The van der Waals surface area contributed by atoms with Crippen LogP contribution < -0.4 is 0 Å². The predicted octanol–water partition coefficient (Wildman–Crippen LogP) is 3.39. The Morgan fingerprint density at radius 1 is 1.41 bits per heavy atom. The third-order valence-electron chi connectivity index (χ3n) is 3.88. The number of fused-ring (bicyclic) bond motifs is 1. The van der Waals surface area contributed by atoms with Gasteiger partial charge in [0, 0.05) is 28.9 Å². The second-order valence-electron chi connectivity index (χ2n) is 6.73. The molecule has 0 fully saturated rings. The number of hydrogen-bond donors (Lipinski definition) is 0. The summed E-state index contributed by atoms with van der Waals surface area (Å²) < 4.78 is 6.72. The van der Waals surface area contributed by atoms with Crippen molar-refractivity contribution in [2.24, 2.45) is 0 Å². The summed E-state index contributed by atoms with van der Waals surface area (Å²) in [5.74, 6) is -0.497. The highest BCUT2D eigenvalue weighted by atomic mass is 16.5. The maximum absolute atomic E-state index is 12.1. The Hall–Kier alpha value is -1.91. The van der Waals surface area contributed by atoms with Gasteiger partial charge in [0.25, 0.3) is 0 Å². The Labute approximate surface area is 131 Å². The monoisotopic (exact) mass is 303 g/mol. The van der Waals surface area contributed by atoms with Crippen molar-refractivity contribution in [2.75, 3.05) is 7.11 Å². The minimum Gasteiger partial charge on any atom is -0.469 e. The second-order valence-corrected chi connectivity index (χ2v) is 6.73. The standard InChI is InChI=1S/C17H25N3O2/c1-7-8-12(16(21)22-6)13-10-20-15(18-11(13)2)9-14(19-20)17(3,4)5/h9-10,12H,7-8H2,1-6H3. The van der Waals surface area contributed by atoms with Crippen LogP contribution in [0.1, 0.15) is 63.4 Å². The molecular formula is C17H25N3O2. The van der Waals surface area contributed by atoms with E-state index in [0.717, 1.165) is 35.4 Å². The molecule has 2 heterocycles. The molecule has 0 amide bonds. The molecule has 0 aromatic carbocycles. The number of hydrogen-bond acceptors (Lipinski definition) is 4. The van der Waals surface area contributed by atoms with Crippen molar-refractivity contribution in [3.8, 4) is 0 Å². The fourth-order valence-corrected chi connectivity index (χ4v) is 2.56. The van der Waals surface area contributed by atoms with Crippen LogP contribution in [-0.2, 0) is 14.9 Å². The number of methoxy groups -OCH3 is 1. The molecular weight excluding hydrogens is 278 g/mol. The third-order valence-corrected chi connectivity index (χ3v) is 3.88. The van der Waals surface area contributed by atoms with Crippen LogP contribution >= 0.6 is 0 Å². The van der Waals surface area contributed by atoms with Gasteiger partial charge in [0.2, 0.25) is 0 Å². The van der Waals surface area contributed by atoms with E-state index in [1.807, 2.05) is 19.2 Å². The highest BCUT2D eigenvalue weighted by molar-refractivity contribution is 5.78. The average molecular weight is 303 g/mol. The summed E-state index contributed by atoms with van der Waals surface area (Å²) in [4.78, 5) is 16.7. The van der Waals surface area contributed by atoms with Crippen molar-refractivity contribution in [1.82, 2.24) is 14.6 Å². The first-order valence-electron chi connectivity index (χ1n) is 7.73. The van der Waals surface area contributed by atoms with E-state index in [1.165, 1.54) is 7.11 Å². The van der Waals surface area contributed by atoms with E-state index < -0.39 is 0 Å². The molecule has 0 saturated carbocycles. The van der Waals surface area contributed by atoms with E-state index in [4.69, 9.17) is 4.74 Å². The zero-order chi connectivity index (χ0) is 16.5. The molecule has 2 rings (SSSR count). The van der Waals surface area contributed by atoms with Crippen LogP contribution in [0.2, 0.25) is 0 Å². The van der Waals surface area contributed by atoms with Crippen molar-refractivity contribution < 1.29 is 9.53 Å². The van der Waals surface area contributed by atoms with Gasteiger partial charge in [-0.05, 0) is 13.3 Å². The summed E-state index contributed by atoms with van der Waals surface area (Å²) in [5.41, 5.74) is 3.52. The second kappa shape index (κ2) is 6.07. The molecule has 0 N–H and O–H groups in total. The number of rotatable bonds is 4. The molecule has 0 radical (unpaired) electrons. The van der Waals surface area contributed by atoms with Crippen LogP contribution in [0.25, 0.3) is 5.65 Å². The summed E-state index contributed by atoms with van der Waals surface area (Å²) in [6.45, 7) is 10.4. The molecule has 1 atom stereocenters. The Morgan fingerprint density at radius 2 is 2.09 bits per heavy atom. The zero-order valence-electron chi connectivity index (χ0n) is 14.3. The molecule has 0 bridgehead atoms. The molecule has 2 aromatic rings. The molecule has 1 unspecified atom stereocenters. The number of aryl methyl sites for hydroxylation is 1. The van der Waals surface area contributed by atoms with E-state index in [2.05, 4.69) is 37.8 Å². The maximum atomic E-state index is 12.1. The van der Waals surface area contributed by atoms with Gasteiger partial charge >= 0.3 is 5.97 Å². The number of esters is 1. The smallest absolute Gasteiger partial charge is 0.313 e. The van der Waals surface area contributed by atoms with Gasteiger partial charge in [0.1, 0.15) is 0 Å². The molecule has 0 aliphatic rings. The van der Waals surface area contributed by atoms with Crippen LogP contribution in [0.15, 0.2) is 12.3 Å². The van der Waals surface area contributed by atoms with Gasteiger partial charge in [0.15, 0.2) is 5.65 Å². The van der Waals surface area contributed by atoms with Gasteiger partial charge in [-0.3, -0.25) is 4.79 Å². The van der Waals surface area contributed by atoms with Crippen molar-refractivity contribution in [3.05, 3.63) is 29.2 Å². The van der Waals surface area contributed by atoms with Gasteiger partial charge < -0.3 is 4.74 Å². The number of carbonyl (C=O) groups is 1. The molecule has 5 nitrogen and oxygen atoms in total. The largest absolute Gasteiger partial charge is 0.469 e. The third kappa shape index (κ3) is 3.13. The van der Waals surface area contributed by atoms with Gasteiger partial charge in [0.05, 0.1) is 18.7 Å². The summed E-state index contributed by atoms with van der Waals surface area (Å²) in [5, 5.41) is 4.62. The Morgan fingerprint density at radius 3 is 2.64 bits per heavy atom. The summed E-state index contributed by atoms with van der Waals surface area (Å²) in [7, 11) is 1.43. The maximum Gasteiger partial charge on any atom is 0.313 e. The van der Waals surface area contributed by atoms with E-state index in [9.17, 15) is 4.79 Å². The summed E-state index contributed by atoms with van der Waals surface area (Å²) in [6.07, 6.45) is 3.57. The topological polar surface area (TPSA) is 56.5 Å². The molecule has 0 saturated heterocycles. The molecule has 2 aromatic heterocycles. The fraction of sp³-hybridized carbons (Fsp3) is 0.588. The Balaban J connectivity index is 2.54. The zero-order valence-corrected chi connectivity index (χ0v) is 14.3. The summed E-state index contributed by atoms with van der Waals surface area (Å²) in [6, 6.07) is 2.00. The van der Waals surface area contributed by atoms with Crippen LogP contribution in [0, 0.1) is 6.92 Å². The Bertz CT molecular complexity index is 683. The number of aromatic nitrogens is 3. The molecule has 0 aliphatic carbocycles. The number of ether oxygens (including phenoxy) is 1. The van der Waals surface area contributed by atoms with E-state index in [0.29, 0.717) is 0 Å². The highest BCUT2D eigenvalue weighted by Crippen LogP contribution is 2.27. The van der Waals surface area contributed by atoms with E-state index in [1.54, 1.807) is 4.52 Å². The first kappa shape index (κ1) is 16.5. The predicted molar refractivity (Wildman–Crippen MR) is 86.1 cm³/mol. The number of nitrogens with zero attached hydrogens (tertiary/aromatic N) is 3. The summed E-state index contributed by atoms with van der Waals surface area (Å²) >= 11 is 0. The van der Waals surface area contributed by atoms with Crippen molar-refractivity contribution in [1.29, 1.82) is 0 Å². The lowest BCUT2D eigenvalue weighted by atomic mass is 9.92. The first-order valence-corrected chi connectivity index (χ1v) is 7.73. The molecule has 120 valence electrons. The van der Waals surface area contributed by atoms with Crippen LogP contribution in [0.4, 0.5) is 0 Å². The van der Waals surface area contributed by atoms with Gasteiger partial charge in [-0.15, -0.1) is 0 Å². The lowest BCUT2D eigenvalue weighted by Gasteiger charge is -2.16. The Kier molecular flexibility index (Phi) is 4.54. The van der Waals surface area contributed by atoms with Crippen molar-refractivity contribution in [2.45, 2.75) is 58.8 Å². The quantitative estimate of drug-likeness (QED) is 0.812. The average Bonchev–Trinajstić information content (AvgIpc) is 2.86. The van der Waals surface area contributed by atoms with Gasteiger partial charge in [-0.2, -0.15) is 5.10 Å². The lowest BCUT2D eigenvalue weighted by Crippen LogP contribution is -2.17. The minimum absolute atomic E-state index is 0.0348. The van der Waals surface area contributed by atoms with E-state index in [-0.39, 0.29) is 17.3 Å². The normalized spacial score (nSPS) is 13.4. The van der Waals surface area contributed by atoms with Crippen molar-refractivity contribution in [3.63, 3.8) is 0 Å². The molecule has 5 heteroatoms. The SMILES string of the molecule is CCCC(C(=O)OC)c1cn2nc(C(C)(C)C)cc2nc1C. The fourth-order valence-electron chi connectivity index (χ4n) is 2.56. The van der Waals surface area contributed by atoms with Crippen LogP contribution in [0.3, 0.4) is 0 Å². The molecule has 22 heavy (non-hydrogen) atoms. The van der Waals surface area contributed by atoms with Crippen LogP contribution in [-0.4, -0.2) is 27.7 Å². The highest BCUT2D eigenvalue weighted by Gasteiger charge is 2.25. The first-order chi connectivity index (χ1) is 10.3. The molecule has 0 aliphatic heterocycles. The van der Waals surface area contributed by atoms with Crippen LogP contribution in [0.5, 0.6) is 0 Å². The van der Waals surface area contributed by atoms with E-state index >= 15 is 0 Å². The van der Waals surface area contributed by atoms with Gasteiger partial charge in [-0.25, -0.2) is 9.50 Å².